The highest BCUT2D eigenvalue weighted by atomic mass is 79.9. The molecule has 118 valence electrons. The van der Waals surface area contributed by atoms with E-state index in [9.17, 15) is 9.59 Å². The second kappa shape index (κ2) is 5.46. The molecule has 7 heteroatoms. The van der Waals surface area contributed by atoms with Gasteiger partial charge in [-0.05, 0) is 49.3 Å². The summed E-state index contributed by atoms with van der Waals surface area (Å²) in [5.74, 6) is -0.00726. The predicted octanol–water partition coefficient (Wildman–Crippen LogP) is 2.51. The number of hydrogen-bond acceptors (Lipinski definition) is 3. The van der Waals surface area contributed by atoms with Gasteiger partial charge in [0.15, 0.2) is 0 Å². The molecule has 6 nitrogen and oxygen atoms in total. The Kier molecular flexibility index (Phi) is 3.76. The Morgan fingerprint density at radius 1 is 1.32 bits per heavy atom. The third-order valence-corrected chi connectivity index (χ3v) is 5.00. The summed E-state index contributed by atoms with van der Waals surface area (Å²) in [4.78, 5) is 22.0. The van der Waals surface area contributed by atoms with Gasteiger partial charge in [0.2, 0.25) is 0 Å². The van der Waals surface area contributed by atoms with E-state index in [-0.39, 0.29) is 17.6 Å². The molecule has 1 aromatic rings. The first kappa shape index (κ1) is 15.1. The summed E-state index contributed by atoms with van der Waals surface area (Å²) >= 11 is 3.36. The van der Waals surface area contributed by atoms with Crippen LogP contribution >= 0.6 is 15.9 Å². The summed E-state index contributed by atoms with van der Waals surface area (Å²) in [6.07, 6.45) is 2.58. The summed E-state index contributed by atoms with van der Waals surface area (Å²) in [5, 5.41) is 11.2. The average molecular weight is 369 g/mol. The molecule has 2 amide bonds. The van der Waals surface area contributed by atoms with E-state index in [0.29, 0.717) is 11.3 Å². The molecule has 2 fully saturated rings. The number of carboxylic acid groups (broad SMARTS) is 1. The minimum absolute atomic E-state index is 0.0539. The maximum absolute atomic E-state index is 11.4. The minimum Gasteiger partial charge on any atom is -0.490 e. The first-order valence-electron chi connectivity index (χ1n) is 7.12. The Bertz CT molecular complexity index is 620. The fraction of sp³-hybridized carbons (Fsp3) is 0.467. The van der Waals surface area contributed by atoms with Crippen molar-refractivity contribution < 1.29 is 19.4 Å². The third kappa shape index (κ3) is 2.90. The van der Waals surface area contributed by atoms with Gasteiger partial charge in [0, 0.05) is 10.5 Å². The number of rotatable bonds is 4. The molecular formula is C15H17BrN2O4. The Hall–Kier alpha value is -1.76. The number of amides is 2. The van der Waals surface area contributed by atoms with Crippen molar-refractivity contribution in [3.8, 4) is 5.75 Å². The van der Waals surface area contributed by atoms with Gasteiger partial charge in [0.1, 0.15) is 5.75 Å². The highest BCUT2D eigenvalue weighted by molar-refractivity contribution is 9.10. The predicted molar refractivity (Wildman–Crippen MR) is 82.9 cm³/mol. The quantitative estimate of drug-likeness (QED) is 0.759. The molecule has 0 bridgehead atoms. The van der Waals surface area contributed by atoms with Crippen molar-refractivity contribution in [1.29, 1.82) is 0 Å². The van der Waals surface area contributed by atoms with Crippen molar-refractivity contribution in [3.63, 3.8) is 0 Å². The molecular weight excluding hydrogens is 352 g/mol. The Labute approximate surface area is 136 Å². The van der Waals surface area contributed by atoms with Crippen LogP contribution in [-0.4, -0.2) is 29.3 Å². The van der Waals surface area contributed by atoms with Crippen LogP contribution in [0.4, 0.5) is 4.79 Å². The van der Waals surface area contributed by atoms with Gasteiger partial charge in [0.05, 0.1) is 11.7 Å². The van der Waals surface area contributed by atoms with Crippen LogP contribution in [0.3, 0.4) is 0 Å². The maximum atomic E-state index is 11.4. The smallest absolute Gasteiger partial charge is 0.404 e. The van der Waals surface area contributed by atoms with Gasteiger partial charge in [-0.15, -0.1) is 0 Å². The zero-order chi connectivity index (χ0) is 15.9. The van der Waals surface area contributed by atoms with Gasteiger partial charge in [-0.25, -0.2) is 4.79 Å². The molecule has 3 rings (SSSR count). The van der Waals surface area contributed by atoms with Crippen molar-refractivity contribution in [2.45, 2.75) is 37.8 Å². The molecule has 4 N–H and O–H groups in total. The summed E-state index contributed by atoms with van der Waals surface area (Å²) < 4.78 is 6.73. The zero-order valence-corrected chi connectivity index (χ0v) is 13.4. The van der Waals surface area contributed by atoms with Crippen LogP contribution in [0.2, 0.25) is 0 Å². The number of halogens is 1. The van der Waals surface area contributed by atoms with E-state index < -0.39 is 12.0 Å². The van der Waals surface area contributed by atoms with Crippen LogP contribution in [0.5, 0.6) is 5.75 Å². The lowest BCUT2D eigenvalue weighted by atomic mass is 9.53. The number of ether oxygens (including phenoxy) is 1. The standard InChI is InChI=1S/C15H17BrN2O4/c16-8-1-2-11(13(17)19)12(3-8)22-10-6-15(7-10)4-9(5-15)18-14(20)21/h1-3,9-10,18H,4-7H2,(H2,17,19)(H,20,21). The lowest BCUT2D eigenvalue weighted by Gasteiger charge is -2.57. The number of nitrogens with one attached hydrogen (secondary N) is 1. The van der Waals surface area contributed by atoms with Gasteiger partial charge in [-0.1, -0.05) is 15.9 Å². The SMILES string of the molecule is NC(=O)c1ccc(Br)cc1OC1CC2(CC(NC(=O)O)C2)C1. The monoisotopic (exact) mass is 368 g/mol. The van der Waals surface area contributed by atoms with Crippen molar-refractivity contribution >= 4 is 27.9 Å². The summed E-state index contributed by atoms with van der Waals surface area (Å²) in [6, 6.07) is 5.21. The number of benzene rings is 1. The molecule has 0 aliphatic heterocycles. The molecule has 22 heavy (non-hydrogen) atoms. The first-order chi connectivity index (χ1) is 10.4. The fourth-order valence-electron chi connectivity index (χ4n) is 3.56. The number of nitrogens with two attached hydrogens (primary N) is 1. The van der Waals surface area contributed by atoms with Gasteiger partial charge >= 0.3 is 6.09 Å². The molecule has 0 aromatic heterocycles. The molecule has 0 unspecified atom stereocenters. The third-order valence-electron chi connectivity index (χ3n) is 4.51. The molecule has 2 aliphatic rings. The zero-order valence-electron chi connectivity index (χ0n) is 11.8. The van der Waals surface area contributed by atoms with Gasteiger partial charge in [-0.3, -0.25) is 4.79 Å². The molecule has 0 radical (unpaired) electrons. The molecule has 0 atom stereocenters. The molecule has 1 aromatic carbocycles. The van der Waals surface area contributed by atoms with Gasteiger partial charge in [0.25, 0.3) is 5.91 Å². The van der Waals surface area contributed by atoms with Gasteiger partial charge < -0.3 is 20.9 Å². The van der Waals surface area contributed by atoms with E-state index in [4.69, 9.17) is 15.6 Å². The number of hydrogen-bond donors (Lipinski definition) is 3. The van der Waals surface area contributed by atoms with Crippen LogP contribution in [0.25, 0.3) is 0 Å². The highest BCUT2D eigenvalue weighted by Crippen LogP contribution is 2.56. The number of carbonyl (C=O) groups is 2. The summed E-state index contributed by atoms with van der Waals surface area (Å²) in [6.45, 7) is 0. The summed E-state index contributed by atoms with van der Waals surface area (Å²) in [5.41, 5.74) is 5.94. The van der Waals surface area contributed by atoms with E-state index in [0.717, 1.165) is 30.2 Å². The Balaban J connectivity index is 1.56. The number of primary amides is 1. The second-order valence-electron chi connectivity index (χ2n) is 6.21. The minimum atomic E-state index is -0.966. The largest absolute Gasteiger partial charge is 0.490 e. The Morgan fingerprint density at radius 2 is 2.00 bits per heavy atom. The number of carbonyl (C=O) groups excluding carboxylic acids is 1. The normalized spacial score (nSPS) is 29.3. The van der Waals surface area contributed by atoms with Crippen LogP contribution in [0, 0.1) is 5.41 Å². The van der Waals surface area contributed by atoms with Crippen molar-refractivity contribution in [1.82, 2.24) is 5.32 Å². The molecule has 0 saturated heterocycles. The molecule has 1 spiro atoms. The first-order valence-corrected chi connectivity index (χ1v) is 7.92. The second-order valence-corrected chi connectivity index (χ2v) is 7.12. The van der Waals surface area contributed by atoms with Crippen molar-refractivity contribution in [2.24, 2.45) is 11.1 Å². The van der Waals surface area contributed by atoms with Crippen molar-refractivity contribution in [3.05, 3.63) is 28.2 Å². The highest BCUT2D eigenvalue weighted by Gasteiger charge is 2.54. The average Bonchev–Trinajstić information content (AvgIpc) is 2.32. The molecule has 2 aliphatic carbocycles. The Morgan fingerprint density at radius 3 is 2.59 bits per heavy atom. The van der Waals surface area contributed by atoms with Crippen LogP contribution in [-0.2, 0) is 0 Å². The van der Waals surface area contributed by atoms with Crippen LogP contribution in [0.1, 0.15) is 36.0 Å². The van der Waals surface area contributed by atoms with E-state index in [1.807, 2.05) is 0 Å². The van der Waals surface area contributed by atoms with E-state index in [1.54, 1.807) is 18.2 Å². The van der Waals surface area contributed by atoms with Crippen LogP contribution in [0.15, 0.2) is 22.7 Å². The van der Waals surface area contributed by atoms with E-state index in [2.05, 4.69) is 21.2 Å². The fourth-order valence-corrected chi connectivity index (χ4v) is 3.90. The van der Waals surface area contributed by atoms with Gasteiger partial charge in [-0.2, -0.15) is 0 Å². The topological polar surface area (TPSA) is 102 Å². The van der Waals surface area contributed by atoms with E-state index in [1.165, 1.54) is 0 Å². The lowest BCUT2D eigenvalue weighted by Crippen LogP contribution is -2.58. The van der Waals surface area contributed by atoms with Crippen LogP contribution < -0.4 is 15.8 Å². The summed E-state index contributed by atoms with van der Waals surface area (Å²) in [7, 11) is 0. The van der Waals surface area contributed by atoms with E-state index >= 15 is 0 Å². The lowest BCUT2D eigenvalue weighted by molar-refractivity contribution is -0.0838. The maximum Gasteiger partial charge on any atom is 0.404 e. The molecule has 2 saturated carbocycles. The molecule has 0 heterocycles. The van der Waals surface area contributed by atoms with Crippen molar-refractivity contribution in [2.75, 3.05) is 0 Å².